The molecule has 23 heavy (non-hydrogen) atoms. The van der Waals surface area contributed by atoms with Gasteiger partial charge in [0, 0.05) is 0 Å². The van der Waals surface area contributed by atoms with E-state index < -0.39 is 11.4 Å². The van der Waals surface area contributed by atoms with Crippen molar-refractivity contribution >= 4 is 11.9 Å². The maximum atomic E-state index is 12.4. The molecule has 1 aliphatic rings. The minimum absolute atomic E-state index is 0.250. The molecular weight excluding hydrogens is 292 g/mol. The molecule has 1 atom stereocenters. The molecule has 0 radical (unpaired) electrons. The van der Waals surface area contributed by atoms with E-state index in [1.807, 2.05) is 37.3 Å². The normalized spacial score (nSPS) is 17.6. The molecule has 0 amide bonds. The molecule has 1 saturated carbocycles. The lowest BCUT2D eigenvalue weighted by molar-refractivity contribution is -0.155. The van der Waals surface area contributed by atoms with Crippen molar-refractivity contribution in [1.29, 1.82) is 0 Å². The molecule has 0 saturated heterocycles. The van der Waals surface area contributed by atoms with Crippen LogP contribution in [0.25, 0.3) is 0 Å². The third-order valence-corrected chi connectivity index (χ3v) is 4.85. The van der Waals surface area contributed by atoms with Crippen LogP contribution in [0, 0.1) is 11.3 Å². The van der Waals surface area contributed by atoms with Gasteiger partial charge in [0.2, 0.25) is 0 Å². The Balaban J connectivity index is 1.99. The first-order valence-electron chi connectivity index (χ1n) is 8.51. The van der Waals surface area contributed by atoms with Crippen molar-refractivity contribution in [3.8, 4) is 0 Å². The minimum Gasteiger partial charge on any atom is -0.481 e. The van der Waals surface area contributed by atoms with Gasteiger partial charge in [-0.25, -0.2) is 0 Å². The first-order chi connectivity index (χ1) is 11.1. The van der Waals surface area contributed by atoms with Crippen molar-refractivity contribution in [1.82, 2.24) is 0 Å². The molecule has 0 heterocycles. The van der Waals surface area contributed by atoms with Gasteiger partial charge in [-0.3, -0.25) is 9.59 Å². The fourth-order valence-electron chi connectivity index (χ4n) is 3.53. The van der Waals surface area contributed by atoms with E-state index in [0.29, 0.717) is 25.7 Å². The van der Waals surface area contributed by atoms with Crippen molar-refractivity contribution in [3.05, 3.63) is 35.9 Å². The summed E-state index contributed by atoms with van der Waals surface area (Å²) in [4.78, 5) is 24.2. The fourth-order valence-corrected chi connectivity index (χ4v) is 3.53. The van der Waals surface area contributed by atoms with Gasteiger partial charge in [-0.2, -0.15) is 0 Å². The molecule has 0 aliphatic heterocycles. The predicted molar refractivity (Wildman–Crippen MR) is 87.8 cm³/mol. The number of benzene rings is 1. The van der Waals surface area contributed by atoms with Crippen LogP contribution >= 0.6 is 0 Å². The fraction of sp³-hybridized carbons (Fsp3) is 0.579. The Morgan fingerprint density at radius 3 is 2.43 bits per heavy atom. The molecule has 1 aromatic carbocycles. The molecule has 1 aromatic rings. The van der Waals surface area contributed by atoms with Crippen LogP contribution in [0.15, 0.2) is 30.3 Å². The van der Waals surface area contributed by atoms with Gasteiger partial charge in [0.25, 0.3) is 0 Å². The second kappa shape index (κ2) is 8.14. The van der Waals surface area contributed by atoms with Gasteiger partial charge in [0.1, 0.15) is 6.61 Å². The van der Waals surface area contributed by atoms with Crippen LogP contribution in [0.3, 0.4) is 0 Å². The van der Waals surface area contributed by atoms with Crippen molar-refractivity contribution in [2.75, 3.05) is 0 Å². The predicted octanol–water partition coefficient (Wildman–Crippen LogP) is 4.18. The van der Waals surface area contributed by atoms with E-state index in [0.717, 1.165) is 24.8 Å². The molecule has 126 valence electrons. The summed E-state index contributed by atoms with van der Waals surface area (Å²) in [5.74, 6) is -1.34. The molecule has 0 unspecified atom stereocenters. The Labute approximate surface area is 137 Å². The van der Waals surface area contributed by atoms with Crippen LogP contribution in [-0.2, 0) is 20.9 Å². The highest BCUT2D eigenvalue weighted by Gasteiger charge is 2.44. The highest BCUT2D eigenvalue weighted by molar-refractivity contribution is 5.78. The average molecular weight is 318 g/mol. The number of rotatable bonds is 8. The number of carbonyl (C=O) groups is 2. The standard InChI is InChI=1S/C19H26O4/c1-2-8-16(13-19(18(21)22)11-6-7-12-19)17(20)23-14-15-9-4-3-5-10-15/h3-5,9-10,16H,2,6-8,11-14H2,1H3,(H,21,22)/t16-/m1/s1. The largest absolute Gasteiger partial charge is 0.481 e. The molecule has 2 rings (SSSR count). The van der Waals surface area contributed by atoms with Crippen LogP contribution in [0.1, 0.15) is 57.4 Å². The zero-order valence-corrected chi connectivity index (χ0v) is 13.8. The lowest BCUT2D eigenvalue weighted by atomic mass is 9.76. The number of esters is 1. The number of ether oxygens (including phenoxy) is 1. The quantitative estimate of drug-likeness (QED) is 0.730. The third-order valence-electron chi connectivity index (χ3n) is 4.85. The zero-order chi connectivity index (χ0) is 16.7. The van der Waals surface area contributed by atoms with Gasteiger partial charge in [-0.1, -0.05) is 56.5 Å². The van der Waals surface area contributed by atoms with E-state index in [2.05, 4.69) is 0 Å². The average Bonchev–Trinajstić information content (AvgIpc) is 3.03. The van der Waals surface area contributed by atoms with Crippen molar-refractivity contribution in [2.45, 2.75) is 58.5 Å². The first kappa shape index (κ1) is 17.5. The van der Waals surface area contributed by atoms with Crippen molar-refractivity contribution < 1.29 is 19.4 Å². The molecular formula is C19H26O4. The first-order valence-corrected chi connectivity index (χ1v) is 8.51. The van der Waals surface area contributed by atoms with E-state index in [1.54, 1.807) is 0 Å². The summed E-state index contributed by atoms with van der Waals surface area (Å²) in [6, 6.07) is 9.56. The van der Waals surface area contributed by atoms with Gasteiger partial charge >= 0.3 is 11.9 Å². The summed E-state index contributed by atoms with van der Waals surface area (Å²) < 4.78 is 5.45. The Morgan fingerprint density at radius 1 is 1.22 bits per heavy atom. The van der Waals surface area contributed by atoms with Crippen LogP contribution in [0.4, 0.5) is 0 Å². The molecule has 1 aliphatic carbocycles. The molecule has 4 heteroatoms. The van der Waals surface area contributed by atoms with Crippen LogP contribution in [0.5, 0.6) is 0 Å². The van der Waals surface area contributed by atoms with Gasteiger partial charge in [0.15, 0.2) is 0 Å². The van der Waals surface area contributed by atoms with Gasteiger partial charge < -0.3 is 9.84 Å². The Morgan fingerprint density at radius 2 is 1.87 bits per heavy atom. The maximum Gasteiger partial charge on any atom is 0.309 e. The Kier molecular flexibility index (Phi) is 6.20. The van der Waals surface area contributed by atoms with Crippen LogP contribution in [0.2, 0.25) is 0 Å². The van der Waals surface area contributed by atoms with E-state index in [-0.39, 0.29) is 18.5 Å². The highest BCUT2D eigenvalue weighted by Crippen LogP contribution is 2.44. The summed E-state index contributed by atoms with van der Waals surface area (Å²) in [6.07, 6.45) is 5.16. The molecule has 0 bridgehead atoms. The summed E-state index contributed by atoms with van der Waals surface area (Å²) >= 11 is 0. The number of hydrogen-bond donors (Lipinski definition) is 1. The Bertz CT molecular complexity index is 517. The molecule has 1 fully saturated rings. The molecule has 0 aromatic heterocycles. The third kappa shape index (κ3) is 4.57. The van der Waals surface area contributed by atoms with E-state index in [4.69, 9.17) is 4.74 Å². The number of carboxylic acid groups (broad SMARTS) is 1. The van der Waals surface area contributed by atoms with Crippen LogP contribution in [-0.4, -0.2) is 17.0 Å². The summed E-state index contributed by atoms with van der Waals surface area (Å²) in [6.45, 7) is 2.26. The molecule has 1 N–H and O–H groups in total. The minimum atomic E-state index is -0.757. The summed E-state index contributed by atoms with van der Waals surface area (Å²) in [5, 5.41) is 9.62. The lowest BCUT2D eigenvalue weighted by Gasteiger charge is -2.28. The number of carbonyl (C=O) groups excluding carboxylic acids is 1. The second-order valence-corrected chi connectivity index (χ2v) is 6.58. The number of carboxylic acids is 1. The van der Waals surface area contributed by atoms with Crippen molar-refractivity contribution in [2.24, 2.45) is 11.3 Å². The topological polar surface area (TPSA) is 63.6 Å². The highest BCUT2D eigenvalue weighted by atomic mass is 16.5. The second-order valence-electron chi connectivity index (χ2n) is 6.58. The summed E-state index contributed by atoms with van der Waals surface area (Å²) in [7, 11) is 0. The van der Waals surface area contributed by atoms with Gasteiger partial charge in [-0.05, 0) is 31.2 Å². The zero-order valence-electron chi connectivity index (χ0n) is 13.8. The van der Waals surface area contributed by atoms with Gasteiger partial charge in [0.05, 0.1) is 11.3 Å². The van der Waals surface area contributed by atoms with E-state index >= 15 is 0 Å². The maximum absolute atomic E-state index is 12.4. The lowest BCUT2D eigenvalue weighted by Crippen LogP contribution is -2.33. The number of aliphatic carboxylic acids is 1. The van der Waals surface area contributed by atoms with E-state index in [9.17, 15) is 14.7 Å². The molecule has 4 nitrogen and oxygen atoms in total. The van der Waals surface area contributed by atoms with E-state index in [1.165, 1.54) is 0 Å². The van der Waals surface area contributed by atoms with Crippen LogP contribution < -0.4 is 0 Å². The summed E-state index contributed by atoms with van der Waals surface area (Å²) in [5.41, 5.74) is 0.218. The smallest absolute Gasteiger partial charge is 0.309 e. The molecule has 0 spiro atoms. The Hall–Kier alpha value is -1.84. The monoisotopic (exact) mass is 318 g/mol. The van der Waals surface area contributed by atoms with Crippen molar-refractivity contribution in [3.63, 3.8) is 0 Å². The SMILES string of the molecule is CCC[C@H](CC1(C(=O)O)CCCC1)C(=O)OCc1ccccc1. The van der Waals surface area contributed by atoms with Gasteiger partial charge in [-0.15, -0.1) is 0 Å². The number of hydrogen-bond acceptors (Lipinski definition) is 3.